The van der Waals surface area contributed by atoms with E-state index in [0.717, 1.165) is 0 Å². The van der Waals surface area contributed by atoms with Crippen molar-refractivity contribution in [2.45, 2.75) is 25.7 Å². The zero-order valence-corrected chi connectivity index (χ0v) is 7.26. The van der Waals surface area contributed by atoms with Crippen LogP contribution in [0.5, 0.6) is 0 Å². The number of carbonyl (C=O) groups is 2. The van der Waals surface area contributed by atoms with Gasteiger partial charge in [-0.15, -0.1) is 12.4 Å². The van der Waals surface area contributed by atoms with Crippen LogP contribution in [0.15, 0.2) is 0 Å². The summed E-state index contributed by atoms with van der Waals surface area (Å²) in [5.74, 6) is -2.38. The monoisotopic (exact) mass is 194 g/mol. The Morgan fingerprint density at radius 2 is 1.33 bits per heavy atom. The van der Waals surface area contributed by atoms with E-state index in [2.05, 4.69) is 0 Å². The summed E-state index contributed by atoms with van der Waals surface area (Å²) >= 11 is 0. The molecule has 1 aliphatic rings. The van der Waals surface area contributed by atoms with Gasteiger partial charge in [0.05, 0.1) is 0 Å². The minimum absolute atomic E-state index is 0. The highest BCUT2D eigenvalue weighted by molar-refractivity contribution is 5.98. The van der Waals surface area contributed by atoms with E-state index in [0.29, 0.717) is 12.8 Å². The maximum atomic E-state index is 10.6. The number of rotatable bonds is 2. The molecule has 0 amide bonds. The van der Waals surface area contributed by atoms with E-state index in [-0.39, 0.29) is 25.2 Å². The van der Waals surface area contributed by atoms with E-state index >= 15 is 0 Å². The third kappa shape index (κ3) is 1.53. The molecule has 0 spiro atoms. The van der Waals surface area contributed by atoms with Crippen molar-refractivity contribution in [3.8, 4) is 0 Å². The second-order valence-corrected chi connectivity index (χ2v) is 2.90. The zero-order valence-electron chi connectivity index (χ0n) is 6.45. The Morgan fingerprint density at radius 1 is 1.00 bits per heavy atom. The Hall–Kier alpha value is -0.770. The molecular weight excluding hydrogens is 184 g/mol. The van der Waals surface area contributed by atoms with Gasteiger partial charge in [0.1, 0.15) is 0 Å². The van der Waals surface area contributed by atoms with Crippen LogP contribution in [-0.2, 0) is 9.59 Å². The first kappa shape index (κ1) is 11.2. The molecule has 1 saturated carbocycles. The highest BCUT2D eigenvalue weighted by Gasteiger charge is 2.48. The number of carboxylic acids is 2. The number of aliphatic carboxylic acids is 2. The molecule has 4 nitrogen and oxygen atoms in total. The molecule has 2 N–H and O–H groups in total. The minimum atomic E-state index is -1.47. The van der Waals surface area contributed by atoms with Crippen LogP contribution >= 0.6 is 12.4 Å². The summed E-state index contributed by atoms with van der Waals surface area (Å²) in [7, 11) is 0. The van der Waals surface area contributed by atoms with Gasteiger partial charge in [-0.3, -0.25) is 9.59 Å². The molecule has 12 heavy (non-hydrogen) atoms. The van der Waals surface area contributed by atoms with Crippen LogP contribution < -0.4 is 0 Å². The molecule has 0 aromatic rings. The van der Waals surface area contributed by atoms with Gasteiger partial charge in [-0.05, 0) is 12.8 Å². The lowest BCUT2D eigenvalue weighted by molar-refractivity contribution is -0.164. The summed E-state index contributed by atoms with van der Waals surface area (Å²) in [5, 5.41) is 17.3. The van der Waals surface area contributed by atoms with Gasteiger partial charge in [0, 0.05) is 0 Å². The first-order valence-electron chi connectivity index (χ1n) is 3.56. The van der Waals surface area contributed by atoms with E-state index in [1.807, 2.05) is 0 Å². The second-order valence-electron chi connectivity index (χ2n) is 2.90. The van der Waals surface area contributed by atoms with E-state index in [4.69, 9.17) is 10.2 Å². The number of hydrogen-bond donors (Lipinski definition) is 2. The van der Waals surface area contributed by atoms with Crippen molar-refractivity contribution in [1.82, 2.24) is 0 Å². The molecule has 0 aromatic heterocycles. The summed E-state index contributed by atoms with van der Waals surface area (Å²) in [5.41, 5.74) is -1.47. The molecule has 0 radical (unpaired) electrons. The van der Waals surface area contributed by atoms with Crippen LogP contribution in [0.1, 0.15) is 25.7 Å². The molecule has 0 saturated heterocycles. The molecule has 5 heteroatoms. The average Bonchev–Trinajstić information content (AvgIpc) is 2.34. The van der Waals surface area contributed by atoms with Crippen molar-refractivity contribution in [3.05, 3.63) is 0 Å². The summed E-state index contributed by atoms with van der Waals surface area (Å²) in [6.45, 7) is 0. The van der Waals surface area contributed by atoms with E-state index in [9.17, 15) is 9.59 Å². The Kier molecular flexibility index (Phi) is 3.52. The third-order valence-corrected chi connectivity index (χ3v) is 2.28. The standard InChI is InChI=1S/C7H10O4.ClH/c8-5(9)7(6(10)11)3-1-2-4-7;/h1-4H2,(H,8,9)(H,10,11);1H. The molecule has 0 bridgehead atoms. The second kappa shape index (κ2) is 3.76. The largest absolute Gasteiger partial charge is 0.480 e. The normalized spacial score (nSPS) is 19.7. The Balaban J connectivity index is 0.00000121. The van der Waals surface area contributed by atoms with Crippen molar-refractivity contribution in [2.75, 3.05) is 0 Å². The van der Waals surface area contributed by atoms with Crippen LogP contribution in [0.2, 0.25) is 0 Å². The predicted octanol–water partition coefficient (Wildman–Crippen LogP) is 1.14. The lowest BCUT2D eigenvalue weighted by Crippen LogP contribution is -2.36. The summed E-state index contributed by atoms with van der Waals surface area (Å²) < 4.78 is 0. The van der Waals surface area contributed by atoms with Crippen molar-refractivity contribution in [3.63, 3.8) is 0 Å². The molecule has 0 aliphatic heterocycles. The Morgan fingerprint density at radius 3 is 1.50 bits per heavy atom. The van der Waals surface area contributed by atoms with Gasteiger partial charge in [-0.25, -0.2) is 0 Å². The fraction of sp³-hybridized carbons (Fsp3) is 0.714. The van der Waals surface area contributed by atoms with E-state index < -0.39 is 17.4 Å². The minimum Gasteiger partial charge on any atom is -0.480 e. The quantitative estimate of drug-likeness (QED) is 0.647. The maximum absolute atomic E-state index is 10.6. The van der Waals surface area contributed by atoms with Gasteiger partial charge in [0.2, 0.25) is 0 Å². The topological polar surface area (TPSA) is 74.6 Å². The van der Waals surface area contributed by atoms with Crippen molar-refractivity contribution in [2.24, 2.45) is 5.41 Å². The molecule has 1 fully saturated rings. The van der Waals surface area contributed by atoms with E-state index in [1.165, 1.54) is 0 Å². The smallest absolute Gasteiger partial charge is 0.321 e. The molecule has 0 heterocycles. The van der Waals surface area contributed by atoms with Crippen molar-refractivity contribution >= 4 is 24.3 Å². The van der Waals surface area contributed by atoms with Crippen LogP contribution in [0, 0.1) is 5.41 Å². The molecule has 70 valence electrons. The van der Waals surface area contributed by atoms with Gasteiger partial charge < -0.3 is 10.2 Å². The van der Waals surface area contributed by atoms with Crippen LogP contribution in [0.4, 0.5) is 0 Å². The van der Waals surface area contributed by atoms with E-state index in [1.54, 1.807) is 0 Å². The Bertz CT molecular complexity index is 180. The highest BCUT2D eigenvalue weighted by atomic mass is 35.5. The van der Waals surface area contributed by atoms with Crippen LogP contribution in [0.3, 0.4) is 0 Å². The van der Waals surface area contributed by atoms with Crippen LogP contribution in [-0.4, -0.2) is 22.2 Å². The highest BCUT2D eigenvalue weighted by Crippen LogP contribution is 2.38. The maximum Gasteiger partial charge on any atom is 0.321 e. The van der Waals surface area contributed by atoms with Gasteiger partial charge in [-0.2, -0.15) is 0 Å². The number of hydrogen-bond acceptors (Lipinski definition) is 2. The van der Waals surface area contributed by atoms with Crippen LogP contribution in [0.25, 0.3) is 0 Å². The van der Waals surface area contributed by atoms with Gasteiger partial charge in [-0.1, -0.05) is 12.8 Å². The Labute approximate surface area is 76.0 Å². The van der Waals surface area contributed by atoms with Gasteiger partial charge in [0.15, 0.2) is 5.41 Å². The lowest BCUT2D eigenvalue weighted by Gasteiger charge is -2.16. The SMILES string of the molecule is Cl.O=C(O)C1(C(=O)O)CCCC1. The first-order chi connectivity index (χ1) is 5.09. The average molecular weight is 195 g/mol. The fourth-order valence-corrected chi connectivity index (χ4v) is 1.50. The van der Waals surface area contributed by atoms with Gasteiger partial charge >= 0.3 is 11.9 Å². The number of carboxylic acid groups (broad SMARTS) is 2. The summed E-state index contributed by atoms with van der Waals surface area (Å²) in [6, 6.07) is 0. The summed E-state index contributed by atoms with van der Waals surface area (Å²) in [4.78, 5) is 21.2. The predicted molar refractivity (Wildman–Crippen MR) is 43.4 cm³/mol. The molecule has 1 rings (SSSR count). The third-order valence-electron chi connectivity index (χ3n) is 2.28. The van der Waals surface area contributed by atoms with Crippen molar-refractivity contribution in [1.29, 1.82) is 0 Å². The lowest BCUT2D eigenvalue weighted by atomic mass is 9.87. The molecular formula is C7H11ClO4. The van der Waals surface area contributed by atoms with Gasteiger partial charge in [0.25, 0.3) is 0 Å². The summed E-state index contributed by atoms with van der Waals surface area (Å²) in [6.07, 6.45) is 1.96. The fourth-order valence-electron chi connectivity index (χ4n) is 1.50. The van der Waals surface area contributed by atoms with Crippen molar-refractivity contribution < 1.29 is 19.8 Å². The number of halogens is 1. The molecule has 1 aliphatic carbocycles. The molecule has 0 atom stereocenters. The molecule has 0 aromatic carbocycles. The zero-order chi connectivity index (χ0) is 8.48. The first-order valence-corrected chi connectivity index (χ1v) is 3.56. The molecule has 0 unspecified atom stereocenters.